The van der Waals surface area contributed by atoms with E-state index in [0.29, 0.717) is 29.4 Å². The normalized spacial score (nSPS) is 16.3. The molecule has 1 aliphatic rings. The standard InChI is InChI=1S/C12H13ClN2O2/c1-7(5-14)6-15-10-3-2-8(13)4-9(10)11(16)12(15)17/h2-4,7H,5-6,14H2,1H3. The Labute approximate surface area is 104 Å². The molecule has 1 atom stereocenters. The van der Waals surface area contributed by atoms with Crippen LogP contribution in [0.1, 0.15) is 17.3 Å². The molecule has 5 heteroatoms. The van der Waals surface area contributed by atoms with Gasteiger partial charge in [0.2, 0.25) is 0 Å². The van der Waals surface area contributed by atoms with E-state index >= 15 is 0 Å². The van der Waals surface area contributed by atoms with Crippen molar-refractivity contribution in [1.82, 2.24) is 0 Å². The van der Waals surface area contributed by atoms with Gasteiger partial charge in [-0.25, -0.2) is 0 Å². The van der Waals surface area contributed by atoms with E-state index in [1.165, 1.54) is 11.0 Å². The summed E-state index contributed by atoms with van der Waals surface area (Å²) in [6.45, 7) is 2.86. The molecule has 0 aliphatic carbocycles. The number of Topliss-reactive ketones (excluding diaryl/α,β-unsaturated/α-hetero) is 1. The lowest BCUT2D eigenvalue weighted by atomic mass is 10.1. The molecule has 4 nitrogen and oxygen atoms in total. The summed E-state index contributed by atoms with van der Waals surface area (Å²) in [7, 11) is 0. The third-order valence-corrected chi connectivity index (χ3v) is 3.07. The molecule has 17 heavy (non-hydrogen) atoms. The molecule has 0 saturated heterocycles. The molecule has 2 N–H and O–H groups in total. The van der Waals surface area contributed by atoms with Crippen molar-refractivity contribution >= 4 is 29.0 Å². The number of nitrogens with two attached hydrogens (primary N) is 1. The number of rotatable bonds is 3. The van der Waals surface area contributed by atoms with E-state index in [1.807, 2.05) is 6.92 Å². The fraction of sp³-hybridized carbons (Fsp3) is 0.333. The van der Waals surface area contributed by atoms with Crippen molar-refractivity contribution < 1.29 is 9.59 Å². The van der Waals surface area contributed by atoms with Crippen LogP contribution in [-0.4, -0.2) is 24.8 Å². The van der Waals surface area contributed by atoms with Crippen LogP contribution in [0.15, 0.2) is 18.2 Å². The van der Waals surface area contributed by atoms with Crippen LogP contribution in [0.25, 0.3) is 0 Å². The number of carbonyl (C=O) groups excluding carboxylic acids is 2. The number of halogens is 1. The van der Waals surface area contributed by atoms with Crippen LogP contribution in [0.4, 0.5) is 5.69 Å². The fourth-order valence-corrected chi connectivity index (χ4v) is 2.01. The van der Waals surface area contributed by atoms with E-state index in [9.17, 15) is 9.59 Å². The van der Waals surface area contributed by atoms with Crippen LogP contribution in [-0.2, 0) is 4.79 Å². The molecule has 1 heterocycles. The number of amides is 1. The number of benzene rings is 1. The van der Waals surface area contributed by atoms with E-state index in [0.717, 1.165) is 0 Å². The van der Waals surface area contributed by atoms with Gasteiger partial charge in [0.15, 0.2) is 0 Å². The van der Waals surface area contributed by atoms with Crippen molar-refractivity contribution in [2.75, 3.05) is 18.0 Å². The predicted octanol–water partition coefficient (Wildman–Crippen LogP) is 1.46. The average molecular weight is 253 g/mol. The highest BCUT2D eigenvalue weighted by atomic mass is 35.5. The summed E-state index contributed by atoms with van der Waals surface area (Å²) in [4.78, 5) is 25.0. The van der Waals surface area contributed by atoms with Crippen molar-refractivity contribution in [2.45, 2.75) is 6.92 Å². The van der Waals surface area contributed by atoms with Crippen molar-refractivity contribution in [3.05, 3.63) is 28.8 Å². The molecule has 0 bridgehead atoms. The molecule has 0 radical (unpaired) electrons. The van der Waals surface area contributed by atoms with E-state index < -0.39 is 11.7 Å². The SMILES string of the molecule is CC(CN)CN1C(=O)C(=O)c2cc(Cl)ccc21. The quantitative estimate of drug-likeness (QED) is 0.829. The Bertz CT molecular complexity index is 487. The second kappa shape index (κ2) is 4.47. The highest BCUT2D eigenvalue weighted by molar-refractivity contribution is 6.52. The number of ketones is 1. The molecular weight excluding hydrogens is 240 g/mol. The molecule has 1 amide bonds. The maximum Gasteiger partial charge on any atom is 0.299 e. The monoisotopic (exact) mass is 252 g/mol. The van der Waals surface area contributed by atoms with Gasteiger partial charge >= 0.3 is 0 Å². The molecular formula is C12H13ClN2O2. The third-order valence-electron chi connectivity index (χ3n) is 2.83. The van der Waals surface area contributed by atoms with Crippen LogP contribution in [0.3, 0.4) is 0 Å². The molecule has 0 saturated carbocycles. The second-order valence-corrected chi connectivity index (χ2v) is 4.68. The van der Waals surface area contributed by atoms with Crippen LogP contribution in [0.5, 0.6) is 0 Å². The van der Waals surface area contributed by atoms with Gasteiger partial charge in [0.05, 0.1) is 11.3 Å². The highest BCUT2D eigenvalue weighted by Crippen LogP contribution is 2.31. The summed E-state index contributed by atoms with van der Waals surface area (Å²) in [5, 5.41) is 0.457. The minimum Gasteiger partial charge on any atom is -0.330 e. The van der Waals surface area contributed by atoms with Crippen molar-refractivity contribution in [3.63, 3.8) is 0 Å². The van der Waals surface area contributed by atoms with Crippen LogP contribution >= 0.6 is 11.6 Å². The van der Waals surface area contributed by atoms with Gasteiger partial charge in [0.25, 0.3) is 11.7 Å². The van der Waals surface area contributed by atoms with Gasteiger partial charge in [-0.2, -0.15) is 0 Å². The first-order valence-corrected chi connectivity index (χ1v) is 5.78. The summed E-state index contributed by atoms with van der Waals surface area (Å²) in [6, 6.07) is 4.90. The predicted molar refractivity (Wildman–Crippen MR) is 66.4 cm³/mol. The van der Waals surface area contributed by atoms with Crippen LogP contribution in [0, 0.1) is 5.92 Å². The minimum absolute atomic E-state index is 0.147. The molecule has 1 aromatic rings. The summed E-state index contributed by atoms with van der Waals surface area (Å²) < 4.78 is 0. The largest absolute Gasteiger partial charge is 0.330 e. The number of nitrogens with zero attached hydrogens (tertiary/aromatic N) is 1. The molecule has 90 valence electrons. The molecule has 1 aromatic carbocycles. The van der Waals surface area contributed by atoms with Gasteiger partial charge in [-0.1, -0.05) is 18.5 Å². The second-order valence-electron chi connectivity index (χ2n) is 4.25. The number of anilines is 1. The fourth-order valence-electron chi connectivity index (χ4n) is 1.84. The summed E-state index contributed by atoms with van der Waals surface area (Å²) >= 11 is 5.82. The zero-order chi connectivity index (χ0) is 12.6. The lowest BCUT2D eigenvalue weighted by molar-refractivity contribution is -0.114. The molecule has 2 rings (SSSR count). The van der Waals surface area contributed by atoms with Gasteiger partial charge in [-0.05, 0) is 30.7 Å². The zero-order valence-electron chi connectivity index (χ0n) is 9.44. The molecule has 0 fully saturated rings. The molecule has 1 aliphatic heterocycles. The van der Waals surface area contributed by atoms with Gasteiger partial charge in [-0.3, -0.25) is 9.59 Å². The Morgan fingerprint density at radius 2 is 2.12 bits per heavy atom. The maximum absolute atomic E-state index is 11.8. The Morgan fingerprint density at radius 3 is 2.76 bits per heavy atom. The number of hydrogen-bond donors (Lipinski definition) is 1. The molecule has 0 aromatic heterocycles. The number of hydrogen-bond acceptors (Lipinski definition) is 3. The van der Waals surface area contributed by atoms with Gasteiger partial charge in [-0.15, -0.1) is 0 Å². The Balaban J connectivity index is 2.38. The lowest BCUT2D eigenvalue weighted by Gasteiger charge is -2.20. The molecule has 1 unspecified atom stereocenters. The maximum atomic E-state index is 11.8. The number of carbonyl (C=O) groups is 2. The Hall–Kier alpha value is -1.39. The average Bonchev–Trinajstić information content (AvgIpc) is 2.54. The van der Waals surface area contributed by atoms with E-state index in [-0.39, 0.29) is 5.92 Å². The first-order chi connectivity index (χ1) is 8.04. The Kier molecular flexibility index (Phi) is 3.17. The summed E-state index contributed by atoms with van der Waals surface area (Å²) in [5.41, 5.74) is 6.54. The van der Waals surface area contributed by atoms with Crippen molar-refractivity contribution in [3.8, 4) is 0 Å². The first-order valence-electron chi connectivity index (χ1n) is 5.40. The summed E-state index contributed by atoms with van der Waals surface area (Å²) in [6.07, 6.45) is 0. The van der Waals surface area contributed by atoms with Crippen molar-refractivity contribution in [2.24, 2.45) is 11.7 Å². The van der Waals surface area contributed by atoms with E-state index in [1.54, 1.807) is 12.1 Å². The first kappa shape index (κ1) is 12.1. The van der Waals surface area contributed by atoms with Gasteiger partial charge in [0, 0.05) is 11.6 Å². The lowest BCUT2D eigenvalue weighted by Crippen LogP contribution is -2.35. The van der Waals surface area contributed by atoms with Crippen molar-refractivity contribution in [1.29, 1.82) is 0 Å². The number of fused-ring (bicyclic) bond motifs is 1. The zero-order valence-corrected chi connectivity index (χ0v) is 10.2. The Morgan fingerprint density at radius 1 is 1.41 bits per heavy atom. The van der Waals surface area contributed by atoms with E-state index in [2.05, 4.69) is 0 Å². The summed E-state index contributed by atoms with van der Waals surface area (Å²) in [5.74, 6) is -0.845. The van der Waals surface area contributed by atoms with Gasteiger partial charge in [0.1, 0.15) is 0 Å². The van der Waals surface area contributed by atoms with Crippen LogP contribution in [0.2, 0.25) is 5.02 Å². The highest BCUT2D eigenvalue weighted by Gasteiger charge is 2.36. The minimum atomic E-state index is -0.498. The topological polar surface area (TPSA) is 63.4 Å². The molecule has 0 spiro atoms. The van der Waals surface area contributed by atoms with Crippen LogP contribution < -0.4 is 10.6 Å². The van der Waals surface area contributed by atoms with E-state index in [4.69, 9.17) is 17.3 Å². The van der Waals surface area contributed by atoms with Gasteiger partial charge < -0.3 is 10.6 Å². The third kappa shape index (κ3) is 2.06. The smallest absolute Gasteiger partial charge is 0.299 e.